The normalized spacial score (nSPS) is 9.90. The molecule has 2 aromatic carbocycles. The van der Waals surface area contributed by atoms with Gasteiger partial charge in [0.15, 0.2) is 0 Å². The number of halogens is 1. The molecular weight excluding hydrogens is 272 g/mol. The molecule has 0 fully saturated rings. The minimum Gasteiger partial charge on any atom is -0.310 e. The molecule has 0 saturated carbocycles. The number of amides is 1. The van der Waals surface area contributed by atoms with Crippen LogP contribution in [-0.4, -0.2) is 13.0 Å². The molecular formula is C16H13ClN2O. The summed E-state index contributed by atoms with van der Waals surface area (Å²) in [6.07, 6.45) is 0. The molecule has 0 heterocycles. The zero-order valence-electron chi connectivity index (χ0n) is 11.2. The van der Waals surface area contributed by atoms with E-state index >= 15 is 0 Å². The van der Waals surface area contributed by atoms with E-state index < -0.39 is 0 Å². The first-order valence-corrected chi connectivity index (χ1v) is 6.45. The molecule has 3 nitrogen and oxygen atoms in total. The highest BCUT2D eigenvalue weighted by Crippen LogP contribution is 2.22. The second kappa shape index (κ2) is 5.77. The smallest absolute Gasteiger partial charge is 0.258 e. The van der Waals surface area contributed by atoms with Gasteiger partial charge in [-0.1, -0.05) is 29.8 Å². The number of rotatable bonds is 2. The van der Waals surface area contributed by atoms with Crippen LogP contribution in [0.1, 0.15) is 21.5 Å². The maximum Gasteiger partial charge on any atom is 0.258 e. The summed E-state index contributed by atoms with van der Waals surface area (Å²) in [5, 5.41) is 9.64. The minimum atomic E-state index is -0.199. The number of hydrogen-bond donors (Lipinski definition) is 0. The fourth-order valence-corrected chi connectivity index (χ4v) is 2.07. The molecule has 2 aromatic rings. The van der Waals surface area contributed by atoms with Gasteiger partial charge in [0.25, 0.3) is 5.91 Å². The standard InChI is InChI=1S/C16H13ClN2O/c1-11-7-8-12(9-14(11)17)16(20)19(2)15-6-4-3-5-13(15)10-18/h3-9H,1-2H3. The number of carbonyl (C=O) groups is 1. The maximum atomic E-state index is 12.4. The van der Waals surface area contributed by atoms with Crippen LogP contribution >= 0.6 is 11.6 Å². The van der Waals surface area contributed by atoms with E-state index in [0.29, 0.717) is 21.8 Å². The van der Waals surface area contributed by atoms with Crippen LogP contribution in [0.3, 0.4) is 0 Å². The Balaban J connectivity index is 2.38. The number of nitriles is 1. The third kappa shape index (κ3) is 2.66. The van der Waals surface area contributed by atoms with Crippen molar-refractivity contribution in [3.63, 3.8) is 0 Å². The molecule has 4 heteroatoms. The molecule has 1 amide bonds. The lowest BCUT2D eigenvalue weighted by Crippen LogP contribution is -2.26. The third-order valence-electron chi connectivity index (χ3n) is 3.11. The molecule has 0 aliphatic heterocycles. The van der Waals surface area contributed by atoms with Gasteiger partial charge in [-0.2, -0.15) is 5.26 Å². The highest BCUT2D eigenvalue weighted by molar-refractivity contribution is 6.31. The predicted molar refractivity (Wildman–Crippen MR) is 80.1 cm³/mol. The number of para-hydroxylation sites is 1. The van der Waals surface area contributed by atoms with Crippen molar-refractivity contribution in [2.45, 2.75) is 6.92 Å². The van der Waals surface area contributed by atoms with Crippen LogP contribution in [0.2, 0.25) is 5.02 Å². The number of benzene rings is 2. The van der Waals surface area contributed by atoms with Gasteiger partial charge in [0, 0.05) is 17.6 Å². The van der Waals surface area contributed by atoms with Crippen molar-refractivity contribution in [3.05, 3.63) is 64.2 Å². The monoisotopic (exact) mass is 284 g/mol. The Labute approximate surface area is 123 Å². The first kappa shape index (κ1) is 14.1. The number of nitrogens with zero attached hydrogens (tertiary/aromatic N) is 2. The lowest BCUT2D eigenvalue weighted by atomic mass is 10.1. The van der Waals surface area contributed by atoms with Gasteiger partial charge in [-0.3, -0.25) is 4.79 Å². The molecule has 0 aliphatic carbocycles. The predicted octanol–water partition coefficient (Wildman–Crippen LogP) is 3.80. The maximum absolute atomic E-state index is 12.4. The summed E-state index contributed by atoms with van der Waals surface area (Å²) >= 11 is 6.04. The van der Waals surface area contributed by atoms with E-state index in [1.54, 1.807) is 49.5 Å². The summed E-state index contributed by atoms with van der Waals surface area (Å²) in [4.78, 5) is 13.9. The fraction of sp³-hybridized carbons (Fsp3) is 0.125. The first-order chi connectivity index (χ1) is 9.54. The lowest BCUT2D eigenvalue weighted by molar-refractivity contribution is 0.0993. The van der Waals surface area contributed by atoms with Crippen molar-refractivity contribution in [1.82, 2.24) is 0 Å². The summed E-state index contributed by atoms with van der Waals surface area (Å²) in [6, 6.07) is 14.2. The van der Waals surface area contributed by atoms with Crippen molar-refractivity contribution < 1.29 is 4.79 Å². The van der Waals surface area contributed by atoms with Crippen molar-refractivity contribution in [1.29, 1.82) is 5.26 Å². The van der Waals surface area contributed by atoms with Crippen molar-refractivity contribution in [2.75, 3.05) is 11.9 Å². The molecule has 2 rings (SSSR count). The minimum absolute atomic E-state index is 0.199. The van der Waals surface area contributed by atoms with E-state index in [9.17, 15) is 4.79 Å². The van der Waals surface area contributed by atoms with Gasteiger partial charge in [0.05, 0.1) is 11.3 Å². The van der Waals surface area contributed by atoms with Gasteiger partial charge < -0.3 is 4.90 Å². The molecule has 0 aliphatic rings. The van der Waals surface area contributed by atoms with Crippen molar-refractivity contribution in [2.24, 2.45) is 0 Å². The van der Waals surface area contributed by atoms with E-state index in [1.807, 2.05) is 6.92 Å². The molecule has 100 valence electrons. The fourth-order valence-electron chi connectivity index (χ4n) is 1.89. The molecule has 0 spiro atoms. The summed E-state index contributed by atoms with van der Waals surface area (Å²) in [5.74, 6) is -0.199. The molecule has 0 aromatic heterocycles. The Kier molecular flexibility index (Phi) is 4.07. The highest BCUT2D eigenvalue weighted by atomic mass is 35.5. The van der Waals surface area contributed by atoms with Crippen LogP contribution in [0.15, 0.2) is 42.5 Å². The van der Waals surface area contributed by atoms with Crippen LogP contribution < -0.4 is 4.90 Å². The number of carbonyl (C=O) groups excluding carboxylic acids is 1. The van der Waals surface area contributed by atoms with Crippen LogP contribution in [0.4, 0.5) is 5.69 Å². The van der Waals surface area contributed by atoms with E-state index in [1.165, 1.54) is 4.90 Å². The molecule has 0 saturated heterocycles. The zero-order chi connectivity index (χ0) is 14.7. The third-order valence-corrected chi connectivity index (χ3v) is 3.52. The van der Waals surface area contributed by atoms with E-state index in [2.05, 4.69) is 6.07 Å². The SMILES string of the molecule is Cc1ccc(C(=O)N(C)c2ccccc2C#N)cc1Cl. The van der Waals surface area contributed by atoms with Gasteiger partial charge >= 0.3 is 0 Å². The van der Waals surface area contributed by atoms with Crippen LogP contribution in [0.5, 0.6) is 0 Å². The number of aryl methyl sites for hydroxylation is 1. The average molecular weight is 285 g/mol. The average Bonchev–Trinajstić information content (AvgIpc) is 2.48. The topological polar surface area (TPSA) is 44.1 Å². The Bertz CT molecular complexity index is 704. The molecule has 0 unspecified atom stereocenters. The van der Waals surface area contributed by atoms with Gasteiger partial charge in [0.2, 0.25) is 0 Å². The highest BCUT2D eigenvalue weighted by Gasteiger charge is 2.16. The van der Waals surface area contributed by atoms with Crippen molar-refractivity contribution >= 4 is 23.2 Å². The zero-order valence-corrected chi connectivity index (χ0v) is 12.0. The molecule has 0 atom stereocenters. The lowest BCUT2D eigenvalue weighted by Gasteiger charge is -2.18. The largest absolute Gasteiger partial charge is 0.310 e. The Hall–Kier alpha value is -2.31. The quantitative estimate of drug-likeness (QED) is 0.842. The summed E-state index contributed by atoms with van der Waals surface area (Å²) < 4.78 is 0. The number of hydrogen-bond acceptors (Lipinski definition) is 2. The van der Waals surface area contributed by atoms with E-state index in [4.69, 9.17) is 16.9 Å². The van der Waals surface area contributed by atoms with Gasteiger partial charge in [-0.05, 0) is 36.8 Å². The van der Waals surface area contributed by atoms with Gasteiger partial charge in [-0.15, -0.1) is 0 Å². The first-order valence-electron chi connectivity index (χ1n) is 6.08. The summed E-state index contributed by atoms with van der Waals surface area (Å²) in [5.41, 5.74) is 2.46. The van der Waals surface area contributed by atoms with Crippen LogP contribution in [0.25, 0.3) is 0 Å². The van der Waals surface area contributed by atoms with Gasteiger partial charge in [-0.25, -0.2) is 0 Å². The second-order valence-corrected chi connectivity index (χ2v) is 4.86. The Morgan fingerprint density at radius 3 is 2.60 bits per heavy atom. The number of anilines is 1. The van der Waals surface area contributed by atoms with Gasteiger partial charge in [0.1, 0.15) is 6.07 Å². The van der Waals surface area contributed by atoms with Crippen LogP contribution in [0, 0.1) is 18.3 Å². The Morgan fingerprint density at radius 1 is 1.25 bits per heavy atom. The second-order valence-electron chi connectivity index (χ2n) is 4.46. The van der Waals surface area contributed by atoms with E-state index in [0.717, 1.165) is 5.56 Å². The Morgan fingerprint density at radius 2 is 1.95 bits per heavy atom. The van der Waals surface area contributed by atoms with Crippen LogP contribution in [-0.2, 0) is 0 Å². The van der Waals surface area contributed by atoms with Crippen molar-refractivity contribution in [3.8, 4) is 6.07 Å². The van der Waals surface area contributed by atoms with E-state index in [-0.39, 0.29) is 5.91 Å². The molecule has 0 radical (unpaired) electrons. The summed E-state index contributed by atoms with van der Waals surface area (Å²) in [6.45, 7) is 1.88. The molecule has 0 bridgehead atoms. The molecule has 0 N–H and O–H groups in total. The molecule has 20 heavy (non-hydrogen) atoms. The summed E-state index contributed by atoms with van der Waals surface area (Å²) in [7, 11) is 1.65.